The van der Waals surface area contributed by atoms with E-state index in [4.69, 9.17) is 10.5 Å². The topological polar surface area (TPSA) is 60.2 Å². The van der Waals surface area contributed by atoms with Crippen LogP contribution in [0.2, 0.25) is 0 Å². The van der Waals surface area contributed by atoms with Gasteiger partial charge in [0.05, 0.1) is 6.10 Å². The summed E-state index contributed by atoms with van der Waals surface area (Å²) in [6.45, 7) is 4.83. The van der Waals surface area contributed by atoms with Crippen molar-refractivity contribution in [3.8, 4) is 5.75 Å². The van der Waals surface area contributed by atoms with Gasteiger partial charge in [0.2, 0.25) is 0 Å². The number of nitrogens with zero attached hydrogens (tertiary/aromatic N) is 1. The minimum absolute atomic E-state index is 0.139. The molecule has 4 heteroatoms. The van der Waals surface area contributed by atoms with Crippen molar-refractivity contribution in [3.63, 3.8) is 0 Å². The van der Waals surface area contributed by atoms with Gasteiger partial charge < -0.3 is 15.8 Å². The monoisotopic (exact) mass is 271 g/mol. The van der Waals surface area contributed by atoms with Gasteiger partial charge >= 0.3 is 0 Å². The maximum Gasteiger partial charge on any atom is 0.123 e. The highest BCUT2D eigenvalue weighted by molar-refractivity contribution is 5.59. The summed E-state index contributed by atoms with van der Waals surface area (Å²) in [4.78, 5) is 4.10. The molecule has 2 rings (SSSR count). The lowest BCUT2D eigenvalue weighted by molar-refractivity contribution is 0.242. The van der Waals surface area contributed by atoms with Crippen LogP contribution in [0.15, 0.2) is 42.7 Å². The van der Waals surface area contributed by atoms with Gasteiger partial charge in [0, 0.05) is 42.4 Å². The fraction of sp³-hybridized carbons (Fsp3) is 0.312. The Bertz CT molecular complexity index is 541. The lowest BCUT2D eigenvalue weighted by Crippen LogP contribution is -2.08. The number of nitrogens with two attached hydrogens (primary N) is 1. The predicted octanol–water partition coefficient (Wildman–Crippen LogP) is 3.11. The highest BCUT2D eigenvalue weighted by atomic mass is 16.5. The molecule has 20 heavy (non-hydrogen) atoms. The summed E-state index contributed by atoms with van der Waals surface area (Å²) in [7, 11) is 0. The molecule has 0 bridgehead atoms. The molecule has 1 aromatic heterocycles. The van der Waals surface area contributed by atoms with Crippen molar-refractivity contribution >= 4 is 11.4 Å². The zero-order valence-corrected chi connectivity index (χ0v) is 12.0. The van der Waals surface area contributed by atoms with Gasteiger partial charge in [0.25, 0.3) is 0 Å². The van der Waals surface area contributed by atoms with Crippen molar-refractivity contribution in [2.45, 2.75) is 26.4 Å². The molecule has 0 aliphatic rings. The molecule has 0 radical (unpaired) electrons. The second-order valence-electron chi connectivity index (χ2n) is 5.00. The van der Waals surface area contributed by atoms with Crippen LogP contribution >= 0.6 is 0 Å². The molecule has 0 aliphatic heterocycles. The van der Waals surface area contributed by atoms with Gasteiger partial charge in [0.15, 0.2) is 0 Å². The molecule has 0 spiro atoms. The van der Waals surface area contributed by atoms with E-state index in [1.807, 2.05) is 44.3 Å². The zero-order chi connectivity index (χ0) is 14.4. The Balaban J connectivity index is 1.93. The van der Waals surface area contributed by atoms with E-state index in [2.05, 4.69) is 16.4 Å². The molecule has 3 N–H and O–H groups in total. The van der Waals surface area contributed by atoms with Gasteiger partial charge in [0.1, 0.15) is 5.75 Å². The molecule has 0 amide bonds. The van der Waals surface area contributed by atoms with Crippen LogP contribution in [-0.2, 0) is 6.42 Å². The first-order valence-electron chi connectivity index (χ1n) is 6.83. The Hall–Kier alpha value is -2.23. The van der Waals surface area contributed by atoms with Gasteiger partial charge in [-0.1, -0.05) is 6.07 Å². The van der Waals surface area contributed by atoms with E-state index in [1.165, 1.54) is 5.56 Å². The van der Waals surface area contributed by atoms with E-state index in [9.17, 15) is 0 Å². The second-order valence-corrected chi connectivity index (χ2v) is 5.00. The summed E-state index contributed by atoms with van der Waals surface area (Å²) in [5.74, 6) is 0.795. The lowest BCUT2D eigenvalue weighted by Gasteiger charge is -2.13. The van der Waals surface area contributed by atoms with Crippen molar-refractivity contribution in [1.29, 1.82) is 0 Å². The number of nitrogens with one attached hydrogen (secondary N) is 1. The Labute approximate surface area is 120 Å². The fourth-order valence-electron chi connectivity index (χ4n) is 1.96. The quantitative estimate of drug-likeness (QED) is 0.793. The van der Waals surface area contributed by atoms with Crippen LogP contribution in [0, 0.1) is 0 Å². The molecule has 0 atom stereocenters. The zero-order valence-electron chi connectivity index (χ0n) is 12.0. The number of nitrogen functional groups attached to an aromatic ring is 1. The van der Waals surface area contributed by atoms with Crippen molar-refractivity contribution in [2.24, 2.45) is 0 Å². The van der Waals surface area contributed by atoms with Gasteiger partial charge in [-0.15, -0.1) is 0 Å². The van der Waals surface area contributed by atoms with E-state index in [0.717, 1.165) is 24.4 Å². The molecule has 1 heterocycles. The Kier molecular flexibility index (Phi) is 4.82. The summed E-state index contributed by atoms with van der Waals surface area (Å²) >= 11 is 0. The van der Waals surface area contributed by atoms with Crippen LogP contribution in [0.1, 0.15) is 19.4 Å². The molecule has 4 nitrogen and oxygen atoms in total. The highest BCUT2D eigenvalue weighted by Crippen LogP contribution is 2.23. The number of hydrogen-bond acceptors (Lipinski definition) is 4. The van der Waals surface area contributed by atoms with Crippen LogP contribution in [0.25, 0.3) is 0 Å². The van der Waals surface area contributed by atoms with Crippen LogP contribution in [0.4, 0.5) is 11.4 Å². The normalized spacial score (nSPS) is 10.6. The lowest BCUT2D eigenvalue weighted by atomic mass is 10.2. The van der Waals surface area contributed by atoms with Crippen LogP contribution in [0.5, 0.6) is 5.75 Å². The molecular formula is C16H21N3O. The van der Waals surface area contributed by atoms with Crippen molar-refractivity contribution in [3.05, 3.63) is 48.3 Å². The van der Waals surface area contributed by atoms with E-state index >= 15 is 0 Å². The smallest absolute Gasteiger partial charge is 0.123 e. The summed E-state index contributed by atoms with van der Waals surface area (Å²) < 4.78 is 5.67. The number of pyridine rings is 1. The Morgan fingerprint density at radius 2 is 2.15 bits per heavy atom. The first kappa shape index (κ1) is 14.2. The number of benzene rings is 1. The summed E-state index contributed by atoms with van der Waals surface area (Å²) in [6.07, 6.45) is 4.72. The SMILES string of the molecule is CC(C)Oc1cc(N)cc(NCCc2cccnc2)c1. The van der Waals surface area contributed by atoms with Gasteiger partial charge in [-0.3, -0.25) is 4.98 Å². The first-order valence-corrected chi connectivity index (χ1v) is 6.83. The molecule has 2 aromatic rings. The van der Waals surface area contributed by atoms with E-state index in [0.29, 0.717) is 5.69 Å². The molecular weight excluding hydrogens is 250 g/mol. The third-order valence-corrected chi connectivity index (χ3v) is 2.77. The van der Waals surface area contributed by atoms with Crippen molar-refractivity contribution < 1.29 is 4.74 Å². The first-order chi connectivity index (χ1) is 9.63. The molecule has 0 unspecified atom stereocenters. The molecule has 0 saturated heterocycles. The van der Waals surface area contributed by atoms with Crippen LogP contribution in [0.3, 0.4) is 0 Å². The number of rotatable bonds is 6. The fourth-order valence-corrected chi connectivity index (χ4v) is 1.96. The maximum absolute atomic E-state index is 5.89. The minimum Gasteiger partial charge on any atom is -0.491 e. The van der Waals surface area contributed by atoms with E-state index < -0.39 is 0 Å². The molecule has 1 aromatic carbocycles. The highest BCUT2D eigenvalue weighted by Gasteiger charge is 2.02. The summed E-state index contributed by atoms with van der Waals surface area (Å²) in [5.41, 5.74) is 8.78. The third kappa shape index (κ3) is 4.46. The average molecular weight is 271 g/mol. The van der Waals surface area contributed by atoms with Gasteiger partial charge in [-0.25, -0.2) is 0 Å². The molecule has 0 aliphatic carbocycles. The Morgan fingerprint density at radius 3 is 2.85 bits per heavy atom. The minimum atomic E-state index is 0.139. The number of aromatic nitrogens is 1. The summed E-state index contributed by atoms with van der Waals surface area (Å²) in [5, 5.41) is 3.36. The summed E-state index contributed by atoms with van der Waals surface area (Å²) in [6, 6.07) is 9.74. The number of ether oxygens (including phenoxy) is 1. The van der Waals surface area contributed by atoms with Crippen molar-refractivity contribution in [1.82, 2.24) is 4.98 Å². The second kappa shape index (κ2) is 6.80. The Morgan fingerprint density at radius 1 is 1.30 bits per heavy atom. The molecule has 0 saturated carbocycles. The largest absolute Gasteiger partial charge is 0.491 e. The predicted molar refractivity (Wildman–Crippen MR) is 83.0 cm³/mol. The average Bonchev–Trinajstić information content (AvgIpc) is 2.38. The van der Waals surface area contributed by atoms with E-state index in [-0.39, 0.29) is 6.10 Å². The molecule has 0 fully saturated rings. The van der Waals surface area contributed by atoms with E-state index in [1.54, 1.807) is 6.20 Å². The maximum atomic E-state index is 5.89. The number of hydrogen-bond donors (Lipinski definition) is 2. The van der Waals surface area contributed by atoms with Crippen LogP contribution < -0.4 is 15.8 Å². The number of anilines is 2. The third-order valence-electron chi connectivity index (χ3n) is 2.77. The van der Waals surface area contributed by atoms with Gasteiger partial charge in [-0.05, 0) is 38.0 Å². The van der Waals surface area contributed by atoms with Gasteiger partial charge in [-0.2, -0.15) is 0 Å². The molecule has 106 valence electrons. The standard InChI is InChI=1S/C16H21N3O/c1-12(2)20-16-9-14(17)8-15(10-16)19-7-5-13-4-3-6-18-11-13/h3-4,6,8-12,19H,5,7,17H2,1-2H3. The van der Waals surface area contributed by atoms with Crippen LogP contribution in [-0.4, -0.2) is 17.6 Å². The van der Waals surface area contributed by atoms with Crippen molar-refractivity contribution in [2.75, 3.05) is 17.6 Å².